The van der Waals surface area contributed by atoms with Crippen molar-refractivity contribution in [2.45, 2.75) is 13.1 Å². The molecule has 0 saturated carbocycles. The molecule has 0 radical (unpaired) electrons. The van der Waals surface area contributed by atoms with Crippen LogP contribution in [0.4, 0.5) is 5.13 Å². The van der Waals surface area contributed by atoms with Crippen LogP contribution in [-0.4, -0.2) is 32.3 Å². The maximum atomic E-state index is 5.01. The molecule has 2 rings (SSSR count). The number of ether oxygens (including phenoxy) is 1. The Morgan fingerprint density at radius 3 is 2.85 bits per heavy atom. The molecule has 4 nitrogen and oxygen atoms in total. The molecule has 1 aromatic heterocycles. The molecule has 1 N–H and O–H groups in total. The van der Waals surface area contributed by atoms with Crippen LogP contribution in [0.2, 0.25) is 0 Å². The summed E-state index contributed by atoms with van der Waals surface area (Å²) in [4.78, 5) is 7.91. The standard InChI is InChI=1S/C15H21N3OS/c1-18(12-13-6-4-3-5-7-13)15-17-11-14(20-15)10-16-8-9-19-2/h3-7,11,16H,8-10,12H2,1-2H3. The van der Waals surface area contributed by atoms with Gasteiger partial charge >= 0.3 is 0 Å². The van der Waals surface area contributed by atoms with Crippen molar-refractivity contribution in [1.82, 2.24) is 10.3 Å². The maximum absolute atomic E-state index is 5.01. The Labute approximate surface area is 124 Å². The highest BCUT2D eigenvalue weighted by molar-refractivity contribution is 7.15. The van der Waals surface area contributed by atoms with Crippen molar-refractivity contribution >= 4 is 16.5 Å². The lowest BCUT2D eigenvalue weighted by atomic mass is 10.2. The number of nitrogens with one attached hydrogen (secondary N) is 1. The highest BCUT2D eigenvalue weighted by Crippen LogP contribution is 2.22. The van der Waals surface area contributed by atoms with E-state index in [0.29, 0.717) is 0 Å². The Morgan fingerprint density at radius 2 is 2.10 bits per heavy atom. The Balaban J connectivity index is 1.84. The van der Waals surface area contributed by atoms with Crippen LogP contribution >= 0.6 is 11.3 Å². The van der Waals surface area contributed by atoms with Crippen molar-refractivity contribution in [2.75, 3.05) is 32.2 Å². The molecule has 0 amide bonds. The first-order valence-electron chi connectivity index (χ1n) is 6.69. The number of aromatic nitrogens is 1. The summed E-state index contributed by atoms with van der Waals surface area (Å²) in [5, 5.41) is 4.38. The molecule has 0 bridgehead atoms. The van der Waals surface area contributed by atoms with Crippen LogP contribution in [0.3, 0.4) is 0 Å². The number of benzene rings is 1. The van der Waals surface area contributed by atoms with E-state index in [2.05, 4.69) is 46.5 Å². The summed E-state index contributed by atoms with van der Waals surface area (Å²) in [5.74, 6) is 0. The van der Waals surface area contributed by atoms with Crippen molar-refractivity contribution < 1.29 is 4.74 Å². The summed E-state index contributed by atoms with van der Waals surface area (Å²) in [7, 11) is 3.79. The fourth-order valence-electron chi connectivity index (χ4n) is 1.87. The molecular formula is C15H21N3OS. The molecule has 0 unspecified atom stereocenters. The monoisotopic (exact) mass is 291 g/mol. The highest BCUT2D eigenvalue weighted by atomic mass is 32.1. The minimum absolute atomic E-state index is 0.736. The number of anilines is 1. The van der Waals surface area contributed by atoms with E-state index in [-0.39, 0.29) is 0 Å². The van der Waals surface area contributed by atoms with E-state index < -0.39 is 0 Å². The molecule has 0 aliphatic heterocycles. The van der Waals surface area contributed by atoms with Gasteiger partial charge in [0.05, 0.1) is 6.61 Å². The van der Waals surface area contributed by atoms with Crippen molar-refractivity contribution in [1.29, 1.82) is 0 Å². The molecule has 0 fully saturated rings. The summed E-state index contributed by atoms with van der Waals surface area (Å²) < 4.78 is 5.01. The maximum Gasteiger partial charge on any atom is 0.185 e. The first-order chi connectivity index (χ1) is 9.79. The van der Waals surface area contributed by atoms with E-state index in [1.165, 1.54) is 10.4 Å². The van der Waals surface area contributed by atoms with Gasteiger partial charge < -0.3 is 15.0 Å². The second kappa shape index (κ2) is 7.99. The lowest BCUT2D eigenvalue weighted by molar-refractivity contribution is 0.199. The third-order valence-corrected chi connectivity index (χ3v) is 4.02. The van der Waals surface area contributed by atoms with Gasteiger partial charge in [0.1, 0.15) is 0 Å². The van der Waals surface area contributed by atoms with Crippen molar-refractivity contribution in [2.24, 2.45) is 0 Å². The number of thiazole rings is 1. The molecular weight excluding hydrogens is 270 g/mol. The zero-order valence-electron chi connectivity index (χ0n) is 12.0. The van der Waals surface area contributed by atoms with Crippen LogP contribution < -0.4 is 10.2 Å². The van der Waals surface area contributed by atoms with Crippen molar-refractivity contribution in [3.63, 3.8) is 0 Å². The summed E-state index contributed by atoms with van der Waals surface area (Å²) in [6.45, 7) is 3.33. The Bertz CT molecular complexity index is 501. The fraction of sp³-hybridized carbons (Fsp3) is 0.400. The molecule has 0 spiro atoms. The van der Waals surface area contributed by atoms with Gasteiger partial charge in [0.15, 0.2) is 5.13 Å². The third kappa shape index (κ3) is 4.59. The number of hydrogen-bond acceptors (Lipinski definition) is 5. The smallest absolute Gasteiger partial charge is 0.185 e. The first-order valence-corrected chi connectivity index (χ1v) is 7.50. The second-order valence-electron chi connectivity index (χ2n) is 4.62. The topological polar surface area (TPSA) is 37.4 Å². The molecule has 0 aliphatic rings. The lowest BCUT2D eigenvalue weighted by Crippen LogP contribution is -2.17. The molecule has 0 atom stereocenters. The zero-order chi connectivity index (χ0) is 14.2. The normalized spacial score (nSPS) is 10.7. The summed E-state index contributed by atoms with van der Waals surface area (Å²) in [6.07, 6.45) is 1.95. The highest BCUT2D eigenvalue weighted by Gasteiger charge is 2.07. The van der Waals surface area contributed by atoms with Gasteiger partial charge in [0, 0.05) is 44.9 Å². The number of rotatable bonds is 8. The van der Waals surface area contributed by atoms with Gasteiger partial charge in [-0.3, -0.25) is 0 Å². The van der Waals surface area contributed by atoms with Crippen molar-refractivity contribution in [3.8, 4) is 0 Å². The minimum atomic E-state index is 0.736. The van der Waals surface area contributed by atoms with E-state index >= 15 is 0 Å². The van der Waals surface area contributed by atoms with E-state index in [0.717, 1.165) is 31.4 Å². The molecule has 0 saturated heterocycles. The molecule has 0 aliphatic carbocycles. The lowest BCUT2D eigenvalue weighted by Gasteiger charge is -2.15. The molecule has 108 valence electrons. The average molecular weight is 291 g/mol. The van der Waals surface area contributed by atoms with Crippen LogP contribution in [0.15, 0.2) is 36.5 Å². The van der Waals surface area contributed by atoms with E-state index in [1.54, 1.807) is 18.4 Å². The summed E-state index contributed by atoms with van der Waals surface area (Å²) >= 11 is 1.73. The third-order valence-electron chi connectivity index (χ3n) is 2.91. The largest absolute Gasteiger partial charge is 0.383 e. The van der Waals surface area contributed by atoms with Crippen LogP contribution in [0.5, 0.6) is 0 Å². The summed E-state index contributed by atoms with van der Waals surface area (Å²) in [6, 6.07) is 10.4. The average Bonchev–Trinajstić information content (AvgIpc) is 2.94. The van der Waals surface area contributed by atoms with Crippen LogP contribution in [-0.2, 0) is 17.8 Å². The van der Waals surface area contributed by atoms with Crippen LogP contribution in [0.25, 0.3) is 0 Å². The van der Waals surface area contributed by atoms with Gasteiger partial charge in [0.2, 0.25) is 0 Å². The fourth-order valence-corrected chi connectivity index (χ4v) is 2.71. The van der Waals surface area contributed by atoms with Gasteiger partial charge in [-0.25, -0.2) is 4.98 Å². The minimum Gasteiger partial charge on any atom is -0.383 e. The predicted octanol–water partition coefficient (Wildman–Crippen LogP) is 2.52. The predicted molar refractivity (Wildman–Crippen MR) is 84.2 cm³/mol. The van der Waals surface area contributed by atoms with Gasteiger partial charge in [-0.05, 0) is 5.56 Å². The van der Waals surface area contributed by atoms with E-state index in [4.69, 9.17) is 4.74 Å². The number of nitrogens with zero attached hydrogens (tertiary/aromatic N) is 2. The summed E-state index contributed by atoms with van der Waals surface area (Å²) in [5.41, 5.74) is 1.30. The molecule has 20 heavy (non-hydrogen) atoms. The number of hydrogen-bond donors (Lipinski definition) is 1. The quantitative estimate of drug-likeness (QED) is 0.758. The molecule has 1 aromatic carbocycles. The Kier molecular flexibility index (Phi) is 5.98. The zero-order valence-corrected chi connectivity index (χ0v) is 12.8. The van der Waals surface area contributed by atoms with E-state index in [9.17, 15) is 0 Å². The molecule has 5 heteroatoms. The molecule has 2 aromatic rings. The molecule has 1 heterocycles. The van der Waals surface area contributed by atoms with Gasteiger partial charge in [-0.1, -0.05) is 30.3 Å². The second-order valence-corrected chi connectivity index (χ2v) is 5.71. The van der Waals surface area contributed by atoms with Gasteiger partial charge in [0.25, 0.3) is 0 Å². The Hall–Kier alpha value is -1.43. The van der Waals surface area contributed by atoms with E-state index in [1.807, 2.05) is 12.3 Å². The SMILES string of the molecule is COCCNCc1cnc(N(C)Cc2ccccc2)s1. The van der Waals surface area contributed by atoms with Crippen molar-refractivity contribution in [3.05, 3.63) is 47.0 Å². The first kappa shape index (κ1) is 15.0. The Morgan fingerprint density at radius 1 is 1.30 bits per heavy atom. The van der Waals surface area contributed by atoms with Crippen LogP contribution in [0, 0.1) is 0 Å². The van der Waals surface area contributed by atoms with Crippen LogP contribution in [0.1, 0.15) is 10.4 Å². The van der Waals surface area contributed by atoms with Gasteiger partial charge in [-0.2, -0.15) is 0 Å². The van der Waals surface area contributed by atoms with Gasteiger partial charge in [-0.15, -0.1) is 11.3 Å². The number of methoxy groups -OCH3 is 1.